The highest BCUT2D eigenvalue weighted by atomic mass is 16.5. The lowest BCUT2D eigenvalue weighted by molar-refractivity contribution is 0.441. The molecule has 1 aromatic carbocycles. The summed E-state index contributed by atoms with van der Waals surface area (Å²) in [6, 6.07) is 7.56. The van der Waals surface area contributed by atoms with E-state index in [0.29, 0.717) is 34.5 Å². The Morgan fingerprint density at radius 1 is 1.29 bits per heavy atom. The van der Waals surface area contributed by atoms with Gasteiger partial charge in [-0.1, -0.05) is 12.0 Å². The summed E-state index contributed by atoms with van der Waals surface area (Å²) in [6.07, 6.45) is 12.4. The molecule has 3 heterocycles. The van der Waals surface area contributed by atoms with Crippen LogP contribution < -0.4 is 15.7 Å². The maximum atomic E-state index is 11.3. The van der Waals surface area contributed by atoms with Gasteiger partial charge in [0.1, 0.15) is 11.4 Å². The maximum Gasteiger partial charge on any atom is 0.327 e. The number of fused-ring (bicyclic) bond motifs is 1. The van der Waals surface area contributed by atoms with Gasteiger partial charge >= 0.3 is 11.7 Å². The summed E-state index contributed by atoms with van der Waals surface area (Å²) in [5, 5.41) is 17.4. The third kappa shape index (κ3) is 3.84. The van der Waals surface area contributed by atoms with E-state index in [1.54, 1.807) is 47.1 Å². The predicted octanol–water partition coefficient (Wildman–Crippen LogP) is 2.36. The lowest BCUT2D eigenvalue weighted by atomic mass is 10.2. The lowest BCUT2D eigenvalue weighted by Gasteiger charge is -2.09. The molecule has 31 heavy (non-hydrogen) atoms. The van der Waals surface area contributed by atoms with Crippen molar-refractivity contribution in [2.24, 2.45) is 0 Å². The van der Waals surface area contributed by atoms with Gasteiger partial charge in [0.05, 0.1) is 6.20 Å². The fourth-order valence-electron chi connectivity index (χ4n) is 2.98. The Bertz CT molecular complexity index is 1400. The quantitative estimate of drug-likeness (QED) is 0.355. The number of aromatic amines is 2. The third-order valence-corrected chi connectivity index (χ3v) is 4.66. The largest absolute Gasteiger partial charge is 0.493 e. The standard InChI is InChI=1S/C21H17N7O3/c1-2-12-4-3-5-15(10-12)31-21-25-17-13(6-9-16-18(29)26-20(30)24-16)11-22-28(17)19(27-21)23-14-7-8-14/h1,3-6,9-11,14,29H,7-8H2,(H,23,25,27)(H2,24,26,30)/b9-6-. The number of imidazole rings is 1. The normalized spacial score (nSPS) is 13.5. The minimum absolute atomic E-state index is 0.137. The second-order valence-corrected chi connectivity index (χ2v) is 7.03. The van der Waals surface area contributed by atoms with Crippen LogP contribution in [0.1, 0.15) is 29.7 Å². The highest BCUT2D eigenvalue weighted by molar-refractivity contribution is 5.76. The Balaban J connectivity index is 1.54. The van der Waals surface area contributed by atoms with Crippen molar-refractivity contribution in [2.45, 2.75) is 18.9 Å². The molecule has 5 rings (SSSR count). The molecule has 10 heteroatoms. The van der Waals surface area contributed by atoms with Crippen molar-refractivity contribution >= 4 is 23.7 Å². The van der Waals surface area contributed by atoms with Crippen LogP contribution in [-0.2, 0) is 0 Å². The molecule has 0 aliphatic heterocycles. The molecule has 0 unspecified atom stereocenters. The van der Waals surface area contributed by atoms with Gasteiger partial charge in [0.2, 0.25) is 11.8 Å². The van der Waals surface area contributed by atoms with E-state index in [4.69, 9.17) is 11.2 Å². The van der Waals surface area contributed by atoms with Gasteiger partial charge in [0.25, 0.3) is 0 Å². The van der Waals surface area contributed by atoms with Gasteiger partial charge < -0.3 is 20.1 Å². The van der Waals surface area contributed by atoms with Crippen molar-refractivity contribution in [3.8, 4) is 30.0 Å². The monoisotopic (exact) mass is 415 g/mol. The Labute approximate surface area is 175 Å². The molecule has 154 valence electrons. The highest BCUT2D eigenvalue weighted by Crippen LogP contribution is 2.27. The Morgan fingerprint density at radius 3 is 2.90 bits per heavy atom. The maximum absolute atomic E-state index is 11.3. The number of anilines is 1. The smallest absolute Gasteiger partial charge is 0.327 e. The SMILES string of the molecule is C#Cc1cccc(Oc2nc(NC3CC3)n3ncc(/C=C\c4[nH]c(=O)[nH]c4O)c3n2)c1. The van der Waals surface area contributed by atoms with Crippen molar-refractivity contribution in [3.05, 3.63) is 57.8 Å². The molecule has 1 aliphatic rings. The number of hydrogen-bond acceptors (Lipinski definition) is 7. The number of aromatic nitrogens is 6. The zero-order valence-corrected chi connectivity index (χ0v) is 16.2. The summed E-state index contributed by atoms with van der Waals surface area (Å²) in [4.78, 5) is 25.0. The fraction of sp³-hybridized carbons (Fsp3) is 0.143. The average molecular weight is 415 g/mol. The summed E-state index contributed by atoms with van der Waals surface area (Å²) in [5.41, 5.74) is 1.57. The molecule has 10 nitrogen and oxygen atoms in total. The van der Waals surface area contributed by atoms with Crippen molar-refractivity contribution < 1.29 is 9.84 Å². The first-order valence-corrected chi connectivity index (χ1v) is 9.55. The van der Waals surface area contributed by atoms with Crippen LogP contribution in [-0.4, -0.2) is 40.7 Å². The van der Waals surface area contributed by atoms with Crippen molar-refractivity contribution in [1.29, 1.82) is 0 Å². The number of hydrogen-bond donors (Lipinski definition) is 4. The van der Waals surface area contributed by atoms with Crippen LogP contribution >= 0.6 is 0 Å². The van der Waals surface area contributed by atoms with E-state index in [-0.39, 0.29) is 17.6 Å². The topological polar surface area (TPSA) is 133 Å². The number of benzene rings is 1. The molecular formula is C21H17N7O3. The average Bonchev–Trinajstić information content (AvgIpc) is 3.38. The first-order valence-electron chi connectivity index (χ1n) is 9.55. The summed E-state index contributed by atoms with van der Waals surface area (Å²) in [6.45, 7) is 0. The minimum Gasteiger partial charge on any atom is -0.493 e. The van der Waals surface area contributed by atoms with Crippen LogP contribution in [0.3, 0.4) is 0 Å². The van der Waals surface area contributed by atoms with Crippen molar-refractivity contribution in [1.82, 2.24) is 29.5 Å². The molecule has 1 saturated carbocycles. The number of rotatable bonds is 6. The Kier molecular flexibility index (Phi) is 4.41. The summed E-state index contributed by atoms with van der Waals surface area (Å²) in [7, 11) is 0. The van der Waals surface area contributed by atoms with E-state index in [1.165, 1.54) is 0 Å². The number of nitrogens with one attached hydrogen (secondary N) is 3. The van der Waals surface area contributed by atoms with Crippen LogP contribution in [0.2, 0.25) is 0 Å². The molecule has 0 spiro atoms. The molecule has 1 fully saturated rings. The second-order valence-electron chi connectivity index (χ2n) is 7.03. The number of H-pyrrole nitrogens is 2. The van der Waals surface area contributed by atoms with E-state index >= 15 is 0 Å². The minimum atomic E-state index is -0.500. The molecule has 1 aliphatic carbocycles. The molecule has 4 N–H and O–H groups in total. The molecule has 0 amide bonds. The number of terminal acetylenes is 1. The molecule has 0 radical (unpaired) electrons. The third-order valence-electron chi connectivity index (χ3n) is 4.66. The molecule has 3 aromatic heterocycles. The Morgan fingerprint density at radius 2 is 2.16 bits per heavy atom. The molecule has 4 aromatic rings. The number of nitrogens with zero attached hydrogens (tertiary/aromatic N) is 4. The van der Waals surface area contributed by atoms with Crippen molar-refractivity contribution in [2.75, 3.05) is 5.32 Å². The molecule has 0 saturated heterocycles. The van der Waals surface area contributed by atoms with E-state index in [2.05, 4.69) is 36.3 Å². The van der Waals surface area contributed by atoms with Gasteiger partial charge in [0.15, 0.2) is 5.65 Å². The fourth-order valence-corrected chi connectivity index (χ4v) is 2.98. The van der Waals surface area contributed by atoms with Gasteiger partial charge in [0, 0.05) is 17.2 Å². The van der Waals surface area contributed by atoms with E-state index < -0.39 is 5.69 Å². The van der Waals surface area contributed by atoms with E-state index in [1.807, 2.05) is 0 Å². The summed E-state index contributed by atoms with van der Waals surface area (Å²) >= 11 is 0. The number of ether oxygens (including phenoxy) is 1. The Hall–Kier alpha value is -4.52. The predicted molar refractivity (Wildman–Crippen MR) is 114 cm³/mol. The van der Waals surface area contributed by atoms with E-state index in [9.17, 15) is 9.90 Å². The van der Waals surface area contributed by atoms with Crippen LogP contribution in [0.25, 0.3) is 17.8 Å². The zero-order valence-electron chi connectivity index (χ0n) is 16.2. The first-order chi connectivity index (χ1) is 15.1. The van der Waals surface area contributed by atoms with Crippen LogP contribution in [0.4, 0.5) is 5.95 Å². The zero-order chi connectivity index (χ0) is 21.4. The molecular weight excluding hydrogens is 398 g/mol. The molecule has 0 bridgehead atoms. The van der Waals surface area contributed by atoms with E-state index in [0.717, 1.165) is 12.8 Å². The lowest BCUT2D eigenvalue weighted by Crippen LogP contribution is -2.11. The summed E-state index contributed by atoms with van der Waals surface area (Å²) in [5.74, 6) is 3.34. The van der Waals surface area contributed by atoms with Crippen molar-refractivity contribution in [3.63, 3.8) is 0 Å². The number of aromatic hydroxyl groups is 1. The second kappa shape index (κ2) is 7.38. The van der Waals surface area contributed by atoms with Gasteiger partial charge in [-0.3, -0.25) is 4.98 Å². The van der Waals surface area contributed by atoms with Gasteiger partial charge in [-0.15, -0.1) is 6.42 Å². The van der Waals surface area contributed by atoms with Crippen LogP contribution in [0.5, 0.6) is 17.6 Å². The first kappa shape index (κ1) is 18.5. The van der Waals surface area contributed by atoms with Gasteiger partial charge in [-0.25, -0.2) is 4.79 Å². The van der Waals surface area contributed by atoms with Gasteiger partial charge in [-0.05, 0) is 43.2 Å². The van der Waals surface area contributed by atoms with Crippen LogP contribution in [0, 0.1) is 12.3 Å². The molecule has 0 atom stereocenters. The van der Waals surface area contributed by atoms with Gasteiger partial charge in [-0.2, -0.15) is 19.6 Å². The van der Waals surface area contributed by atoms with Crippen LogP contribution in [0.15, 0.2) is 35.3 Å². The highest BCUT2D eigenvalue weighted by Gasteiger charge is 2.24. The summed E-state index contributed by atoms with van der Waals surface area (Å²) < 4.78 is 7.45.